The van der Waals surface area contributed by atoms with Gasteiger partial charge in [-0.1, -0.05) is 267 Å². The maximum atomic E-state index is 13.0. The maximum Gasteiger partial charge on any atom is 0.472 e. The van der Waals surface area contributed by atoms with E-state index in [-0.39, 0.29) is 25.7 Å². The van der Waals surface area contributed by atoms with Gasteiger partial charge in [0.05, 0.1) is 26.4 Å². The van der Waals surface area contributed by atoms with Crippen molar-refractivity contribution >= 4 is 39.5 Å². The summed E-state index contributed by atoms with van der Waals surface area (Å²) in [4.78, 5) is 72.3. The van der Waals surface area contributed by atoms with Gasteiger partial charge < -0.3 is 33.8 Å². The van der Waals surface area contributed by atoms with Gasteiger partial charge in [-0.3, -0.25) is 37.3 Å². The van der Waals surface area contributed by atoms with Crippen molar-refractivity contribution in [3.05, 3.63) is 0 Å². The molecule has 3 N–H and O–H groups in total. The molecular weight excluding hydrogens is 1130 g/mol. The molecule has 4 unspecified atom stereocenters. The number of aliphatic hydroxyl groups excluding tert-OH is 1. The van der Waals surface area contributed by atoms with Gasteiger partial charge in [0.25, 0.3) is 0 Å². The number of rotatable bonds is 63. The van der Waals surface area contributed by atoms with E-state index in [2.05, 4.69) is 55.4 Å². The zero-order chi connectivity index (χ0) is 63.2. The molecule has 0 aromatic carbocycles. The summed E-state index contributed by atoms with van der Waals surface area (Å²) in [5.41, 5.74) is 0. The van der Waals surface area contributed by atoms with Gasteiger partial charge in [0.1, 0.15) is 19.3 Å². The number of carbonyl (C=O) groups is 4. The maximum absolute atomic E-state index is 13.0. The molecule has 0 amide bonds. The van der Waals surface area contributed by atoms with Crippen LogP contribution in [0.4, 0.5) is 0 Å². The molecule has 0 bridgehead atoms. The molecule has 0 saturated heterocycles. The Kier molecular flexibility index (Phi) is 54.8. The summed E-state index contributed by atoms with van der Waals surface area (Å²) in [7, 11) is -9.89. The minimum Gasteiger partial charge on any atom is -0.462 e. The lowest BCUT2D eigenvalue weighted by atomic mass is 10.00. The highest BCUT2D eigenvalue weighted by Crippen LogP contribution is 2.45. The van der Waals surface area contributed by atoms with Crippen molar-refractivity contribution < 1.29 is 80.2 Å². The Morgan fingerprint density at radius 2 is 0.565 bits per heavy atom. The zero-order valence-corrected chi connectivity index (χ0v) is 57.0. The minimum absolute atomic E-state index is 0.103. The summed E-state index contributed by atoms with van der Waals surface area (Å²) >= 11 is 0. The third-order valence-electron chi connectivity index (χ3n) is 15.4. The Labute approximate surface area is 517 Å². The first-order valence-corrected chi connectivity index (χ1v) is 37.2. The Balaban J connectivity index is 5.27. The van der Waals surface area contributed by atoms with Crippen molar-refractivity contribution in [2.45, 2.75) is 337 Å². The van der Waals surface area contributed by atoms with Crippen molar-refractivity contribution in [3.63, 3.8) is 0 Å². The van der Waals surface area contributed by atoms with Crippen LogP contribution in [0.3, 0.4) is 0 Å². The number of phosphoric ester groups is 2. The molecule has 0 aromatic rings. The number of hydrogen-bond acceptors (Lipinski definition) is 15. The third-order valence-corrected chi connectivity index (χ3v) is 17.3. The first-order valence-electron chi connectivity index (χ1n) is 34.2. The standard InChI is InChI=1S/C66H128O17P2/c1-9-59(8)45-37-29-24-25-31-39-47-64(69)77-53-62(83-66(71)49-41-33-23-17-15-20-28-36-44-58(6)7)55-81-85(74,75)79-51-60(67)50-78-84(72,73)80-54-61(52-76-63(68)46-38-30-21-16-14-19-27-35-43-57(4)5)82-65(70)48-40-32-22-13-11-10-12-18-26-34-42-56(2)3/h56-62,67H,9-55H2,1-8H3,(H,72,73)(H,74,75)/t59?,60?,61-,62-/m1/s1. The minimum atomic E-state index is -4.95. The molecule has 0 aliphatic rings. The second kappa shape index (κ2) is 56.1. The summed E-state index contributed by atoms with van der Waals surface area (Å²) in [6, 6.07) is 0. The zero-order valence-electron chi connectivity index (χ0n) is 55.2. The molecule has 0 fully saturated rings. The summed E-state index contributed by atoms with van der Waals surface area (Å²) in [6.45, 7) is 14.0. The van der Waals surface area contributed by atoms with Crippen molar-refractivity contribution in [1.29, 1.82) is 0 Å². The average Bonchev–Trinajstić information content (AvgIpc) is 3.57. The summed E-state index contributed by atoms with van der Waals surface area (Å²) in [6.07, 6.45) is 36.3. The van der Waals surface area contributed by atoms with Gasteiger partial charge in [-0.2, -0.15) is 0 Å². The fraction of sp³-hybridized carbons (Fsp3) is 0.939. The molecule has 0 heterocycles. The van der Waals surface area contributed by atoms with E-state index in [0.717, 1.165) is 120 Å². The van der Waals surface area contributed by atoms with Crippen LogP contribution in [0.5, 0.6) is 0 Å². The largest absolute Gasteiger partial charge is 0.472 e. The van der Waals surface area contributed by atoms with Crippen LogP contribution in [0, 0.1) is 23.7 Å². The molecule has 85 heavy (non-hydrogen) atoms. The molecule has 0 rings (SSSR count). The van der Waals surface area contributed by atoms with Gasteiger partial charge in [-0.25, -0.2) is 9.13 Å². The van der Waals surface area contributed by atoms with Gasteiger partial charge in [0, 0.05) is 25.7 Å². The number of ether oxygens (including phenoxy) is 4. The highest BCUT2D eigenvalue weighted by molar-refractivity contribution is 7.47. The van der Waals surface area contributed by atoms with Crippen LogP contribution in [0.2, 0.25) is 0 Å². The number of esters is 4. The van der Waals surface area contributed by atoms with E-state index < -0.39 is 97.5 Å². The van der Waals surface area contributed by atoms with Crippen molar-refractivity contribution in [1.82, 2.24) is 0 Å². The molecular formula is C66H128O17P2. The van der Waals surface area contributed by atoms with E-state index in [1.165, 1.54) is 116 Å². The van der Waals surface area contributed by atoms with Crippen LogP contribution in [0.1, 0.15) is 319 Å². The molecule has 6 atom stereocenters. The van der Waals surface area contributed by atoms with Crippen molar-refractivity contribution in [2.75, 3.05) is 39.6 Å². The molecule has 0 aliphatic heterocycles. The highest BCUT2D eigenvalue weighted by atomic mass is 31.2. The normalized spacial score (nSPS) is 14.7. The highest BCUT2D eigenvalue weighted by Gasteiger charge is 2.30. The summed E-state index contributed by atoms with van der Waals surface area (Å²) < 4.78 is 68.1. The quantitative estimate of drug-likeness (QED) is 0.0222. The van der Waals surface area contributed by atoms with E-state index in [4.69, 9.17) is 37.0 Å². The van der Waals surface area contributed by atoms with Crippen LogP contribution in [-0.4, -0.2) is 96.7 Å². The van der Waals surface area contributed by atoms with Crippen molar-refractivity contribution in [2.24, 2.45) is 23.7 Å². The summed E-state index contributed by atoms with van der Waals surface area (Å²) in [5, 5.41) is 10.6. The number of hydrogen-bond donors (Lipinski definition) is 3. The lowest BCUT2D eigenvalue weighted by molar-refractivity contribution is -0.161. The number of phosphoric acid groups is 2. The molecule has 0 saturated carbocycles. The van der Waals surface area contributed by atoms with Gasteiger partial charge in [-0.15, -0.1) is 0 Å². The number of unbranched alkanes of at least 4 members (excludes halogenated alkanes) is 28. The fourth-order valence-corrected chi connectivity index (χ4v) is 11.3. The van der Waals surface area contributed by atoms with Gasteiger partial charge in [0.15, 0.2) is 12.2 Å². The van der Waals surface area contributed by atoms with Crippen LogP contribution in [0.15, 0.2) is 0 Å². The second-order valence-corrected chi connectivity index (χ2v) is 28.4. The van der Waals surface area contributed by atoms with E-state index >= 15 is 0 Å². The van der Waals surface area contributed by atoms with Crippen LogP contribution < -0.4 is 0 Å². The molecule has 504 valence electrons. The Morgan fingerprint density at radius 1 is 0.329 bits per heavy atom. The van der Waals surface area contributed by atoms with Gasteiger partial charge in [0.2, 0.25) is 0 Å². The molecule has 0 aromatic heterocycles. The lowest BCUT2D eigenvalue weighted by Crippen LogP contribution is -2.30. The fourth-order valence-electron chi connectivity index (χ4n) is 9.75. The van der Waals surface area contributed by atoms with Crippen LogP contribution in [-0.2, 0) is 65.4 Å². The lowest BCUT2D eigenvalue weighted by Gasteiger charge is -2.21. The predicted molar refractivity (Wildman–Crippen MR) is 340 cm³/mol. The molecule has 0 spiro atoms. The smallest absolute Gasteiger partial charge is 0.462 e. The van der Waals surface area contributed by atoms with Crippen LogP contribution >= 0.6 is 15.6 Å². The predicted octanol–water partition coefficient (Wildman–Crippen LogP) is 18.1. The van der Waals surface area contributed by atoms with E-state index in [1.54, 1.807) is 0 Å². The Bertz CT molecular complexity index is 1700. The Hall–Kier alpha value is -1.94. The molecule has 17 nitrogen and oxygen atoms in total. The summed E-state index contributed by atoms with van der Waals surface area (Å²) in [5.74, 6) is 0.790. The monoisotopic (exact) mass is 1250 g/mol. The number of carbonyl (C=O) groups excluding carboxylic acids is 4. The average molecular weight is 1260 g/mol. The molecule has 19 heteroatoms. The Morgan fingerprint density at radius 3 is 0.835 bits per heavy atom. The topological polar surface area (TPSA) is 237 Å². The second-order valence-electron chi connectivity index (χ2n) is 25.5. The molecule has 0 aliphatic carbocycles. The van der Waals surface area contributed by atoms with E-state index in [1.807, 2.05) is 0 Å². The first-order chi connectivity index (χ1) is 40.6. The number of aliphatic hydroxyl groups is 1. The van der Waals surface area contributed by atoms with Gasteiger partial charge >= 0.3 is 39.5 Å². The molecule has 0 radical (unpaired) electrons. The van der Waals surface area contributed by atoms with Crippen molar-refractivity contribution in [3.8, 4) is 0 Å². The van der Waals surface area contributed by atoms with E-state index in [9.17, 15) is 43.2 Å². The SMILES string of the molecule is CCC(C)CCCCCCCCC(=O)OC[C@H](COP(=O)(O)OCC(O)COP(=O)(O)OC[C@@H](COC(=O)CCCCCCCCCCC(C)C)OC(=O)CCCCCCCCCCCCC(C)C)OC(=O)CCCCCCCCCCC(C)C. The third kappa shape index (κ3) is 59.5. The van der Waals surface area contributed by atoms with Gasteiger partial charge in [-0.05, 0) is 49.4 Å². The van der Waals surface area contributed by atoms with Crippen LogP contribution in [0.25, 0.3) is 0 Å². The first kappa shape index (κ1) is 83.1. The van der Waals surface area contributed by atoms with E-state index in [0.29, 0.717) is 25.7 Å².